The molecule has 7 nitrogen and oxygen atoms in total. The maximum Gasteiger partial charge on any atom is 0.290 e. The number of aromatic nitrogens is 2. The molecule has 7 heteroatoms. The summed E-state index contributed by atoms with van der Waals surface area (Å²) < 4.78 is 0. The minimum atomic E-state index is -0.250. The zero-order valence-electron chi connectivity index (χ0n) is 14.3. The maximum absolute atomic E-state index is 12.1. The van der Waals surface area contributed by atoms with Gasteiger partial charge in [0.15, 0.2) is 0 Å². The molecule has 0 aliphatic heterocycles. The Hall–Kier alpha value is -2.02. The molecule has 23 heavy (non-hydrogen) atoms. The van der Waals surface area contributed by atoms with Crippen molar-refractivity contribution in [1.29, 1.82) is 0 Å². The largest absolute Gasteiger partial charge is 0.483 e. The van der Waals surface area contributed by atoms with Crippen molar-refractivity contribution in [3.63, 3.8) is 0 Å². The minimum absolute atomic E-state index is 0.0398. The van der Waals surface area contributed by atoms with Gasteiger partial charge in [-0.3, -0.25) is 19.8 Å². The predicted octanol–water partition coefficient (Wildman–Crippen LogP) is 1.92. The first-order valence-corrected chi connectivity index (χ1v) is 7.78. The lowest BCUT2D eigenvalue weighted by atomic mass is 10.2. The number of likely N-dealkylation sites (N-methyl/N-ethyl adjacent to an activating group) is 1. The van der Waals surface area contributed by atoms with Crippen LogP contribution in [0.25, 0.3) is 0 Å². The fraction of sp³-hybridized carbons (Fsp3) is 0.625. The van der Waals surface area contributed by atoms with Gasteiger partial charge in [0.1, 0.15) is 0 Å². The van der Waals surface area contributed by atoms with Gasteiger partial charge in [0.2, 0.25) is 11.9 Å². The summed E-state index contributed by atoms with van der Waals surface area (Å²) in [6.45, 7) is 6.01. The topological polar surface area (TPSA) is 95.4 Å². The second-order valence-electron chi connectivity index (χ2n) is 5.85. The average molecular weight is 322 g/mol. The SMILES string of the molecule is Cc1nc(NC(=O)CN(C)C2CCCC2)nc(C)c1C.O=CO. The Morgan fingerprint density at radius 2 is 1.74 bits per heavy atom. The van der Waals surface area contributed by atoms with Gasteiger partial charge >= 0.3 is 0 Å². The monoisotopic (exact) mass is 322 g/mol. The fourth-order valence-electron chi connectivity index (χ4n) is 2.69. The van der Waals surface area contributed by atoms with Crippen LogP contribution >= 0.6 is 0 Å². The van der Waals surface area contributed by atoms with Crippen LogP contribution in [-0.2, 0) is 9.59 Å². The second kappa shape index (κ2) is 9.19. The van der Waals surface area contributed by atoms with Crippen LogP contribution < -0.4 is 5.32 Å². The summed E-state index contributed by atoms with van der Waals surface area (Å²) >= 11 is 0. The summed E-state index contributed by atoms with van der Waals surface area (Å²) in [5.74, 6) is 0.373. The lowest BCUT2D eigenvalue weighted by Crippen LogP contribution is -2.36. The maximum atomic E-state index is 12.1. The Morgan fingerprint density at radius 3 is 2.22 bits per heavy atom. The van der Waals surface area contributed by atoms with E-state index in [2.05, 4.69) is 20.2 Å². The zero-order valence-corrected chi connectivity index (χ0v) is 14.3. The van der Waals surface area contributed by atoms with E-state index < -0.39 is 0 Å². The van der Waals surface area contributed by atoms with E-state index in [1.807, 2.05) is 27.8 Å². The number of nitrogens with one attached hydrogen (secondary N) is 1. The predicted molar refractivity (Wildman–Crippen MR) is 88.5 cm³/mol. The number of carboxylic acid groups (broad SMARTS) is 1. The summed E-state index contributed by atoms with van der Waals surface area (Å²) in [6, 6.07) is 0.545. The molecule has 1 saturated carbocycles. The van der Waals surface area contributed by atoms with Gasteiger partial charge in [0, 0.05) is 17.4 Å². The van der Waals surface area contributed by atoms with Crippen LogP contribution in [0.15, 0.2) is 0 Å². The van der Waals surface area contributed by atoms with Crippen LogP contribution in [0, 0.1) is 20.8 Å². The van der Waals surface area contributed by atoms with E-state index in [9.17, 15) is 4.79 Å². The van der Waals surface area contributed by atoms with Gasteiger partial charge in [-0.25, -0.2) is 9.97 Å². The molecule has 0 saturated heterocycles. The summed E-state index contributed by atoms with van der Waals surface area (Å²) in [5.41, 5.74) is 2.90. The highest BCUT2D eigenvalue weighted by molar-refractivity contribution is 5.90. The van der Waals surface area contributed by atoms with Crippen molar-refractivity contribution in [3.8, 4) is 0 Å². The molecule has 1 heterocycles. The number of carbonyl (C=O) groups excluding carboxylic acids is 1. The number of hydrogen-bond acceptors (Lipinski definition) is 5. The van der Waals surface area contributed by atoms with Gasteiger partial charge in [-0.2, -0.15) is 0 Å². The molecule has 0 spiro atoms. The van der Waals surface area contributed by atoms with Crippen LogP contribution in [0.1, 0.15) is 42.6 Å². The molecule has 1 aromatic heterocycles. The number of amides is 1. The molecule has 0 atom stereocenters. The van der Waals surface area contributed by atoms with Crippen molar-refractivity contribution in [2.45, 2.75) is 52.5 Å². The molecule has 2 N–H and O–H groups in total. The van der Waals surface area contributed by atoms with Crippen LogP contribution in [0.4, 0.5) is 5.95 Å². The number of hydrogen-bond donors (Lipinski definition) is 2. The van der Waals surface area contributed by atoms with Crippen molar-refractivity contribution in [1.82, 2.24) is 14.9 Å². The Kier molecular flexibility index (Phi) is 7.61. The van der Waals surface area contributed by atoms with Crippen LogP contribution in [0.3, 0.4) is 0 Å². The minimum Gasteiger partial charge on any atom is -0.483 e. The molecule has 0 bridgehead atoms. The highest BCUT2D eigenvalue weighted by Gasteiger charge is 2.21. The van der Waals surface area contributed by atoms with Gasteiger partial charge < -0.3 is 5.11 Å². The van der Waals surface area contributed by atoms with Crippen molar-refractivity contribution < 1.29 is 14.7 Å². The Bertz CT molecular complexity index is 519. The summed E-state index contributed by atoms with van der Waals surface area (Å²) in [6.07, 6.45) is 4.94. The van der Waals surface area contributed by atoms with Gasteiger partial charge in [-0.15, -0.1) is 0 Å². The van der Waals surface area contributed by atoms with E-state index in [1.54, 1.807) is 0 Å². The number of rotatable bonds is 4. The highest BCUT2D eigenvalue weighted by atomic mass is 16.3. The Balaban J connectivity index is 0.000000816. The molecular weight excluding hydrogens is 296 g/mol. The van der Waals surface area contributed by atoms with E-state index in [0.29, 0.717) is 18.5 Å². The van der Waals surface area contributed by atoms with Crippen LogP contribution in [0.5, 0.6) is 0 Å². The normalized spacial score (nSPS) is 14.3. The second-order valence-corrected chi connectivity index (χ2v) is 5.85. The first-order valence-electron chi connectivity index (χ1n) is 7.78. The molecular formula is C16H26N4O3. The fourth-order valence-corrected chi connectivity index (χ4v) is 2.69. The van der Waals surface area contributed by atoms with Crippen molar-refractivity contribution in [2.75, 3.05) is 18.9 Å². The lowest BCUT2D eigenvalue weighted by Gasteiger charge is -2.23. The Morgan fingerprint density at radius 1 is 1.26 bits per heavy atom. The summed E-state index contributed by atoms with van der Waals surface area (Å²) in [5, 5.41) is 9.69. The number of nitrogens with zero attached hydrogens (tertiary/aromatic N) is 3. The molecule has 0 aromatic carbocycles. The molecule has 0 radical (unpaired) electrons. The molecule has 128 valence electrons. The quantitative estimate of drug-likeness (QED) is 0.822. The molecule has 1 fully saturated rings. The number of aryl methyl sites for hydroxylation is 2. The van der Waals surface area contributed by atoms with E-state index in [1.165, 1.54) is 25.7 Å². The zero-order chi connectivity index (χ0) is 17.4. The molecule has 0 unspecified atom stereocenters. The van der Waals surface area contributed by atoms with Crippen molar-refractivity contribution in [3.05, 3.63) is 17.0 Å². The third-order valence-electron chi connectivity index (χ3n) is 4.22. The van der Waals surface area contributed by atoms with E-state index in [-0.39, 0.29) is 12.4 Å². The summed E-state index contributed by atoms with van der Waals surface area (Å²) in [7, 11) is 2.02. The van der Waals surface area contributed by atoms with Crippen molar-refractivity contribution >= 4 is 18.3 Å². The summed E-state index contributed by atoms with van der Waals surface area (Å²) in [4.78, 5) is 31.2. The molecule has 1 aliphatic rings. The van der Waals surface area contributed by atoms with Crippen molar-refractivity contribution in [2.24, 2.45) is 0 Å². The average Bonchev–Trinajstić information content (AvgIpc) is 2.99. The molecule has 1 aliphatic carbocycles. The van der Waals surface area contributed by atoms with E-state index in [4.69, 9.17) is 9.90 Å². The molecule has 2 rings (SSSR count). The number of anilines is 1. The molecule has 1 aromatic rings. The lowest BCUT2D eigenvalue weighted by molar-refractivity contribution is -0.123. The van der Waals surface area contributed by atoms with Gasteiger partial charge in [0.05, 0.1) is 6.54 Å². The Labute approximate surface area is 137 Å². The van der Waals surface area contributed by atoms with E-state index >= 15 is 0 Å². The highest BCUT2D eigenvalue weighted by Crippen LogP contribution is 2.22. The first-order chi connectivity index (χ1) is 10.9. The third kappa shape index (κ3) is 5.94. The molecule has 1 amide bonds. The smallest absolute Gasteiger partial charge is 0.290 e. The standard InChI is InChI=1S/C15H24N4O.CH2O2/c1-10-11(2)16-15(17-12(10)3)18-14(20)9-19(4)13-7-5-6-8-13;2-1-3/h13H,5-9H2,1-4H3,(H,16,17,18,20);1H,(H,2,3). The van der Waals surface area contributed by atoms with Gasteiger partial charge in [-0.05, 0) is 46.2 Å². The van der Waals surface area contributed by atoms with Gasteiger partial charge in [0.25, 0.3) is 6.47 Å². The van der Waals surface area contributed by atoms with E-state index in [0.717, 1.165) is 17.0 Å². The van der Waals surface area contributed by atoms with Crippen LogP contribution in [0.2, 0.25) is 0 Å². The first kappa shape index (κ1) is 19.0. The third-order valence-corrected chi connectivity index (χ3v) is 4.22. The van der Waals surface area contributed by atoms with Gasteiger partial charge in [-0.1, -0.05) is 12.8 Å². The van der Waals surface area contributed by atoms with Crippen LogP contribution in [-0.4, -0.2) is 52.0 Å². The number of carbonyl (C=O) groups is 2.